The van der Waals surface area contributed by atoms with Crippen LogP contribution in [0.1, 0.15) is 72.1 Å². The number of carboxylic acid groups (broad SMARTS) is 1. The number of ketones is 1. The van der Waals surface area contributed by atoms with E-state index in [0.717, 1.165) is 38.5 Å². The average Bonchev–Trinajstić information content (AvgIpc) is 2.86. The number of hydrogen-bond donors (Lipinski definition) is 2. The van der Waals surface area contributed by atoms with Crippen molar-refractivity contribution in [3.8, 4) is 0 Å². The van der Waals surface area contributed by atoms with Gasteiger partial charge in [-0.15, -0.1) is 0 Å². The van der Waals surface area contributed by atoms with E-state index in [2.05, 4.69) is 13.8 Å². The predicted molar refractivity (Wildman–Crippen MR) is 91.4 cm³/mol. The number of carbonyl (C=O) groups is 2. The number of Topliss-reactive ketones (excluding diaryl/α,β-unsaturated/α-hetero) is 1. The molecule has 3 fully saturated rings. The third-order valence-corrected chi connectivity index (χ3v) is 8.19. The molecule has 0 spiro atoms. The Labute approximate surface area is 145 Å². The van der Waals surface area contributed by atoms with Gasteiger partial charge in [-0.25, -0.2) is 0 Å². The zero-order valence-electron chi connectivity index (χ0n) is 15.3. The Morgan fingerprint density at radius 3 is 2.38 bits per heavy atom. The van der Waals surface area contributed by atoms with Gasteiger partial charge >= 0.3 is 5.97 Å². The second-order valence-electron chi connectivity index (χ2n) is 9.15. The fraction of sp³-hybridized carbons (Fsp3) is 0.900. The Morgan fingerprint density at radius 1 is 1.04 bits per heavy atom. The first-order valence-corrected chi connectivity index (χ1v) is 9.60. The van der Waals surface area contributed by atoms with Crippen molar-refractivity contribution in [1.82, 2.24) is 0 Å². The van der Waals surface area contributed by atoms with Gasteiger partial charge in [-0.3, -0.25) is 9.59 Å². The van der Waals surface area contributed by atoms with Gasteiger partial charge in [0.25, 0.3) is 0 Å². The second kappa shape index (κ2) is 6.12. The van der Waals surface area contributed by atoms with Crippen LogP contribution < -0.4 is 0 Å². The maximum atomic E-state index is 12.1. The molecule has 3 aliphatic rings. The van der Waals surface area contributed by atoms with Crippen LogP contribution >= 0.6 is 0 Å². The summed E-state index contributed by atoms with van der Waals surface area (Å²) < 4.78 is 0. The molecule has 7 unspecified atom stereocenters. The SMILES string of the molecule is CC(=O)C1CCC2C3CCC(O)C(C)(CCC(=O)O)C3CCC12C. The summed E-state index contributed by atoms with van der Waals surface area (Å²) in [6.45, 7) is 6.16. The van der Waals surface area contributed by atoms with E-state index in [9.17, 15) is 14.7 Å². The molecule has 7 atom stereocenters. The number of aliphatic carboxylic acids is 1. The van der Waals surface area contributed by atoms with Crippen LogP contribution in [0.15, 0.2) is 0 Å². The van der Waals surface area contributed by atoms with Crippen LogP contribution in [-0.2, 0) is 9.59 Å². The fourth-order valence-electron chi connectivity index (χ4n) is 6.83. The molecule has 0 radical (unpaired) electrons. The Hall–Kier alpha value is -0.900. The van der Waals surface area contributed by atoms with Gasteiger partial charge < -0.3 is 10.2 Å². The van der Waals surface area contributed by atoms with E-state index >= 15 is 0 Å². The highest BCUT2D eigenvalue weighted by Crippen LogP contribution is 2.65. The van der Waals surface area contributed by atoms with Crippen LogP contribution in [0.4, 0.5) is 0 Å². The lowest BCUT2D eigenvalue weighted by Gasteiger charge is -2.58. The van der Waals surface area contributed by atoms with E-state index in [0.29, 0.717) is 30.0 Å². The molecule has 0 aromatic rings. The minimum absolute atomic E-state index is 0.114. The van der Waals surface area contributed by atoms with Gasteiger partial charge in [-0.2, -0.15) is 0 Å². The van der Waals surface area contributed by atoms with Crippen LogP contribution in [0.5, 0.6) is 0 Å². The summed E-state index contributed by atoms with van der Waals surface area (Å²) in [6, 6.07) is 0. The molecule has 4 nitrogen and oxygen atoms in total. The lowest BCUT2D eigenvalue weighted by atomic mass is 9.48. The van der Waals surface area contributed by atoms with E-state index in [-0.39, 0.29) is 23.2 Å². The zero-order chi connectivity index (χ0) is 17.7. The van der Waals surface area contributed by atoms with Gasteiger partial charge in [0.05, 0.1) is 6.10 Å². The van der Waals surface area contributed by atoms with Crippen molar-refractivity contribution in [1.29, 1.82) is 0 Å². The minimum Gasteiger partial charge on any atom is -0.481 e. The lowest BCUT2D eigenvalue weighted by molar-refractivity contribution is -0.148. The third kappa shape index (κ3) is 2.61. The third-order valence-electron chi connectivity index (χ3n) is 8.19. The predicted octanol–water partition coefficient (Wildman–Crippen LogP) is 3.66. The number of fused-ring (bicyclic) bond motifs is 3. The standard InChI is InChI=1S/C20H32O4/c1-12(21)14-5-6-15-13-4-7-17(22)20(3,11-9-18(23)24)16(13)8-10-19(14,15)2/h13-17,22H,4-11H2,1-3H3,(H,23,24). The molecule has 3 aliphatic carbocycles. The number of hydrogen-bond acceptors (Lipinski definition) is 3. The smallest absolute Gasteiger partial charge is 0.303 e. The van der Waals surface area contributed by atoms with E-state index < -0.39 is 12.1 Å². The molecular formula is C20H32O4. The highest BCUT2D eigenvalue weighted by molar-refractivity contribution is 5.79. The van der Waals surface area contributed by atoms with E-state index in [1.54, 1.807) is 6.92 Å². The summed E-state index contributed by atoms with van der Waals surface area (Å²) in [6.07, 6.45) is 6.29. The van der Waals surface area contributed by atoms with E-state index in [4.69, 9.17) is 5.11 Å². The zero-order valence-corrected chi connectivity index (χ0v) is 15.3. The monoisotopic (exact) mass is 336 g/mol. The van der Waals surface area contributed by atoms with Crippen molar-refractivity contribution in [3.63, 3.8) is 0 Å². The van der Waals surface area contributed by atoms with Crippen LogP contribution in [-0.4, -0.2) is 28.1 Å². The first-order valence-electron chi connectivity index (χ1n) is 9.60. The Bertz CT molecular complexity index is 530. The summed E-state index contributed by atoms with van der Waals surface area (Å²) in [5.74, 6) is 1.24. The lowest BCUT2D eigenvalue weighted by Crippen LogP contribution is -2.54. The Kier molecular flexibility index (Phi) is 4.57. The number of rotatable bonds is 4. The number of aliphatic hydroxyl groups is 1. The summed E-state index contributed by atoms with van der Waals surface area (Å²) in [4.78, 5) is 23.2. The molecule has 4 heteroatoms. The normalized spacial score (nSPS) is 47.8. The van der Waals surface area contributed by atoms with Gasteiger partial charge in [-0.05, 0) is 80.5 Å². The molecule has 0 amide bonds. The summed E-state index contributed by atoms with van der Waals surface area (Å²) in [5, 5.41) is 19.8. The molecule has 24 heavy (non-hydrogen) atoms. The second-order valence-corrected chi connectivity index (χ2v) is 9.15. The number of aliphatic hydroxyl groups excluding tert-OH is 1. The van der Waals surface area contributed by atoms with Gasteiger partial charge in [-0.1, -0.05) is 13.8 Å². The summed E-state index contributed by atoms with van der Waals surface area (Å²) >= 11 is 0. The van der Waals surface area contributed by atoms with Crippen LogP contribution in [0.25, 0.3) is 0 Å². The van der Waals surface area contributed by atoms with Crippen LogP contribution in [0, 0.1) is 34.5 Å². The van der Waals surface area contributed by atoms with Crippen molar-refractivity contribution in [3.05, 3.63) is 0 Å². The van der Waals surface area contributed by atoms with Crippen molar-refractivity contribution in [2.75, 3.05) is 0 Å². The van der Waals surface area contributed by atoms with Crippen LogP contribution in [0.2, 0.25) is 0 Å². The average molecular weight is 336 g/mol. The van der Waals surface area contributed by atoms with Crippen molar-refractivity contribution in [2.45, 2.75) is 78.2 Å². The minimum atomic E-state index is -0.774. The number of carbonyl (C=O) groups excluding carboxylic acids is 1. The highest BCUT2D eigenvalue weighted by atomic mass is 16.4. The number of carboxylic acids is 1. The fourth-order valence-corrected chi connectivity index (χ4v) is 6.83. The van der Waals surface area contributed by atoms with Gasteiger partial charge in [0, 0.05) is 12.3 Å². The largest absolute Gasteiger partial charge is 0.481 e. The molecule has 0 bridgehead atoms. The summed E-state index contributed by atoms with van der Waals surface area (Å²) in [7, 11) is 0. The summed E-state index contributed by atoms with van der Waals surface area (Å²) in [5.41, 5.74) is -0.181. The maximum absolute atomic E-state index is 12.1. The van der Waals surface area contributed by atoms with Gasteiger partial charge in [0.15, 0.2) is 0 Å². The first-order chi connectivity index (χ1) is 11.2. The van der Waals surface area contributed by atoms with E-state index in [1.807, 2.05) is 0 Å². The molecule has 2 N–H and O–H groups in total. The molecule has 136 valence electrons. The molecule has 0 aliphatic heterocycles. The molecule has 0 saturated heterocycles. The molecule has 3 saturated carbocycles. The first kappa shape index (κ1) is 17.9. The topological polar surface area (TPSA) is 74.6 Å². The maximum Gasteiger partial charge on any atom is 0.303 e. The Balaban J connectivity index is 1.86. The van der Waals surface area contributed by atoms with Crippen molar-refractivity contribution >= 4 is 11.8 Å². The quantitative estimate of drug-likeness (QED) is 0.821. The molecule has 3 rings (SSSR count). The van der Waals surface area contributed by atoms with Gasteiger partial charge in [0.2, 0.25) is 0 Å². The molecule has 0 aromatic heterocycles. The molecular weight excluding hydrogens is 304 g/mol. The Morgan fingerprint density at radius 2 is 1.75 bits per heavy atom. The molecule has 0 heterocycles. The van der Waals surface area contributed by atoms with Crippen molar-refractivity contribution in [2.24, 2.45) is 34.5 Å². The molecule has 0 aromatic carbocycles. The van der Waals surface area contributed by atoms with Crippen LogP contribution in [0.3, 0.4) is 0 Å². The highest BCUT2D eigenvalue weighted by Gasteiger charge is 2.60. The van der Waals surface area contributed by atoms with Gasteiger partial charge in [0.1, 0.15) is 5.78 Å². The van der Waals surface area contributed by atoms with E-state index in [1.165, 1.54) is 0 Å². The van der Waals surface area contributed by atoms with Crippen molar-refractivity contribution < 1.29 is 19.8 Å².